The maximum atomic E-state index is 9.61. The molecule has 1 aliphatic rings. The molecule has 1 aliphatic heterocycles. The van der Waals surface area contributed by atoms with E-state index in [2.05, 4.69) is 24.2 Å². The lowest BCUT2D eigenvalue weighted by molar-refractivity contribution is 0.0686. The Morgan fingerprint density at radius 3 is 2.38 bits per heavy atom. The van der Waals surface area contributed by atoms with E-state index < -0.39 is 5.60 Å². The van der Waals surface area contributed by atoms with Crippen LogP contribution in [0.1, 0.15) is 40.0 Å². The molecule has 0 aromatic rings. The molecule has 0 bridgehead atoms. The fraction of sp³-hybridized carbons (Fsp3) is 1.00. The average Bonchev–Trinajstić information content (AvgIpc) is 2.17. The second-order valence-electron chi connectivity index (χ2n) is 6.35. The van der Waals surface area contributed by atoms with E-state index in [-0.39, 0.29) is 0 Å². The van der Waals surface area contributed by atoms with Crippen LogP contribution in [-0.4, -0.2) is 48.8 Å². The predicted octanol–water partition coefficient (Wildman–Crippen LogP) is 1.47. The molecule has 16 heavy (non-hydrogen) atoms. The molecule has 0 saturated carbocycles. The van der Waals surface area contributed by atoms with Crippen LogP contribution in [-0.2, 0) is 0 Å². The predicted molar refractivity (Wildman–Crippen MR) is 68.6 cm³/mol. The topological polar surface area (TPSA) is 35.5 Å². The van der Waals surface area contributed by atoms with Crippen LogP contribution in [0.2, 0.25) is 0 Å². The number of piperidine rings is 1. The molecule has 0 aromatic carbocycles. The normalized spacial score (nSPS) is 22.3. The van der Waals surface area contributed by atoms with E-state index >= 15 is 0 Å². The molecule has 3 heteroatoms. The number of aliphatic hydroxyl groups is 1. The fourth-order valence-electron chi connectivity index (χ4n) is 2.12. The van der Waals surface area contributed by atoms with Gasteiger partial charge in [-0.05, 0) is 65.2 Å². The number of nitrogens with one attached hydrogen (secondary N) is 1. The molecular formula is C13H28N2O. The van der Waals surface area contributed by atoms with E-state index in [1.165, 1.54) is 25.9 Å². The molecule has 0 amide bonds. The lowest BCUT2D eigenvalue weighted by Crippen LogP contribution is -2.42. The third-order valence-electron chi connectivity index (χ3n) is 3.66. The minimum absolute atomic E-state index is 0.451. The molecule has 0 aliphatic carbocycles. The molecule has 0 aromatic heterocycles. The molecule has 3 nitrogen and oxygen atoms in total. The van der Waals surface area contributed by atoms with Crippen LogP contribution in [0.5, 0.6) is 0 Å². The van der Waals surface area contributed by atoms with Gasteiger partial charge >= 0.3 is 0 Å². The third kappa shape index (κ3) is 5.28. The van der Waals surface area contributed by atoms with Gasteiger partial charge in [0.05, 0.1) is 5.60 Å². The van der Waals surface area contributed by atoms with Crippen LogP contribution in [0.15, 0.2) is 0 Å². The summed E-state index contributed by atoms with van der Waals surface area (Å²) in [6.07, 6.45) is 3.38. The Bertz CT molecular complexity index is 202. The van der Waals surface area contributed by atoms with Gasteiger partial charge in [-0.3, -0.25) is 0 Å². The maximum Gasteiger partial charge on any atom is 0.0603 e. The largest absolute Gasteiger partial charge is 0.390 e. The molecule has 1 saturated heterocycles. The van der Waals surface area contributed by atoms with Crippen molar-refractivity contribution in [2.24, 2.45) is 5.41 Å². The van der Waals surface area contributed by atoms with Gasteiger partial charge in [-0.1, -0.05) is 6.92 Å². The van der Waals surface area contributed by atoms with Crippen LogP contribution in [0, 0.1) is 5.41 Å². The van der Waals surface area contributed by atoms with E-state index in [1.807, 2.05) is 13.8 Å². The third-order valence-corrected chi connectivity index (χ3v) is 3.66. The van der Waals surface area contributed by atoms with Crippen molar-refractivity contribution in [2.45, 2.75) is 45.6 Å². The quantitative estimate of drug-likeness (QED) is 0.700. The molecule has 1 heterocycles. The zero-order valence-electron chi connectivity index (χ0n) is 11.3. The smallest absolute Gasteiger partial charge is 0.0603 e. The van der Waals surface area contributed by atoms with Crippen LogP contribution in [0.3, 0.4) is 0 Å². The summed E-state index contributed by atoms with van der Waals surface area (Å²) in [5.74, 6) is 0. The Morgan fingerprint density at radius 1 is 1.31 bits per heavy atom. The van der Waals surface area contributed by atoms with Gasteiger partial charge in [-0.15, -0.1) is 0 Å². The summed E-state index contributed by atoms with van der Waals surface area (Å²) in [7, 11) is 2.20. The van der Waals surface area contributed by atoms with Crippen molar-refractivity contribution in [2.75, 3.05) is 33.2 Å². The number of hydrogen-bond acceptors (Lipinski definition) is 3. The molecule has 1 fully saturated rings. The van der Waals surface area contributed by atoms with Crippen LogP contribution in [0.4, 0.5) is 0 Å². The lowest BCUT2D eigenvalue weighted by Gasteiger charge is -2.38. The van der Waals surface area contributed by atoms with Gasteiger partial charge in [-0.25, -0.2) is 0 Å². The maximum absolute atomic E-state index is 9.61. The lowest BCUT2D eigenvalue weighted by atomic mass is 9.80. The van der Waals surface area contributed by atoms with Gasteiger partial charge in [0, 0.05) is 6.54 Å². The summed E-state index contributed by atoms with van der Waals surface area (Å²) >= 11 is 0. The summed E-state index contributed by atoms with van der Waals surface area (Å²) in [6, 6.07) is 0. The van der Waals surface area contributed by atoms with E-state index in [4.69, 9.17) is 0 Å². The van der Waals surface area contributed by atoms with Gasteiger partial charge in [0.25, 0.3) is 0 Å². The first-order chi connectivity index (χ1) is 7.31. The number of likely N-dealkylation sites (tertiary alicyclic amines) is 1. The van der Waals surface area contributed by atoms with Crippen molar-refractivity contribution in [1.29, 1.82) is 0 Å². The van der Waals surface area contributed by atoms with Crippen LogP contribution >= 0.6 is 0 Å². The minimum Gasteiger partial charge on any atom is -0.390 e. The summed E-state index contributed by atoms with van der Waals surface area (Å²) < 4.78 is 0. The van der Waals surface area contributed by atoms with E-state index in [0.29, 0.717) is 5.41 Å². The summed E-state index contributed by atoms with van der Waals surface area (Å²) in [5, 5.41) is 13.1. The molecule has 96 valence electrons. The summed E-state index contributed by atoms with van der Waals surface area (Å²) in [5.41, 5.74) is -0.0905. The van der Waals surface area contributed by atoms with Gasteiger partial charge in [0.1, 0.15) is 0 Å². The van der Waals surface area contributed by atoms with Crippen molar-refractivity contribution in [3.05, 3.63) is 0 Å². The monoisotopic (exact) mass is 228 g/mol. The van der Waals surface area contributed by atoms with Gasteiger partial charge < -0.3 is 15.3 Å². The standard InChI is InChI=1S/C13H28N2O/c1-12(2,16)5-8-14-11-13(3)6-9-15(4)10-7-13/h14,16H,5-11H2,1-4H3. The highest BCUT2D eigenvalue weighted by atomic mass is 16.3. The SMILES string of the molecule is CN1CCC(C)(CNCCC(C)(C)O)CC1. The van der Waals surface area contributed by atoms with E-state index in [1.54, 1.807) is 0 Å². The Labute approximate surface area is 100 Å². The number of nitrogens with zero attached hydrogens (tertiary/aromatic N) is 1. The number of hydrogen-bond donors (Lipinski definition) is 2. The highest BCUT2D eigenvalue weighted by Gasteiger charge is 2.28. The van der Waals surface area contributed by atoms with Crippen molar-refractivity contribution in [1.82, 2.24) is 10.2 Å². The highest BCUT2D eigenvalue weighted by Crippen LogP contribution is 2.29. The first-order valence-electron chi connectivity index (χ1n) is 6.42. The number of rotatable bonds is 5. The molecule has 2 N–H and O–H groups in total. The Morgan fingerprint density at radius 2 is 1.88 bits per heavy atom. The second-order valence-corrected chi connectivity index (χ2v) is 6.35. The Kier molecular flexibility index (Phi) is 4.77. The zero-order chi connectivity index (χ0) is 12.2. The Hall–Kier alpha value is -0.120. The molecule has 0 radical (unpaired) electrons. The minimum atomic E-state index is -0.541. The second kappa shape index (κ2) is 5.48. The molecule has 0 atom stereocenters. The van der Waals surface area contributed by atoms with Crippen LogP contribution < -0.4 is 5.32 Å². The van der Waals surface area contributed by atoms with Crippen LogP contribution in [0.25, 0.3) is 0 Å². The van der Waals surface area contributed by atoms with E-state index in [9.17, 15) is 5.11 Å². The molecule has 1 rings (SSSR count). The Balaban J connectivity index is 2.17. The summed E-state index contributed by atoms with van der Waals surface area (Å²) in [6.45, 7) is 10.5. The van der Waals surface area contributed by atoms with E-state index in [0.717, 1.165) is 19.5 Å². The molecule has 0 unspecified atom stereocenters. The molecule has 0 spiro atoms. The van der Waals surface area contributed by atoms with Crippen molar-refractivity contribution >= 4 is 0 Å². The summed E-state index contributed by atoms with van der Waals surface area (Å²) in [4.78, 5) is 2.40. The van der Waals surface area contributed by atoms with Crippen molar-refractivity contribution in [3.8, 4) is 0 Å². The first kappa shape index (κ1) is 13.9. The molecular weight excluding hydrogens is 200 g/mol. The fourth-order valence-corrected chi connectivity index (χ4v) is 2.12. The highest BCUT2D eigenvalue weighted by molar-refractivity contribution is 4.83. The average molecular weight is 228 g/mol. The first-order valence-corrected chi connectivity index (χ1v) is 6.42. The van der Waals surface area contributed by atoms with Crippen molar-refractivity contribution in [3.63, 3.8) is 0 Å². The zero-order valence-corrected chi connectivity index (χ0v) is 11.3. The van der Waals surface area contributed by atoms with Gasteiger partial charge in [-0.2, -0.15) is 0 Å². The van der Waals surface area contributed by atoms with Gasteiger partial charge in [0.15, 0.2) is 0 Å². The van der Waals surface area contributed by atoms with Gasteiger partial charge in [0.2, 0.25) is 0 Å². The van der Waals surface area contributed by atoms with Crippen molar-refractivity contribution < 1.29 is 5.11 Å².